The number of nitrogens with zero attached hydrogens (tertiary/aromatic N) is 2. The van der Waals surface area contributed by atoms with Crippen molar-refractivity contribution in [2.75, 3.05) is 0 Å². The van der Waals surface area contributed by atoms with Crippen LogP contribution in [0.3, 0.4) is 0 Å². The monoisotopic (exact) mass is 371 g/mol. The molecule has 0 atom stereocenters. The summed E-state index contributed by atoms with van der Waals surface area (Å²) in [4.78, 5) is 12.9. The van der Waals surface area contributed by atoms with E-state index in [-0.39, 0.29) is 11.7 Å². The van der Waals surface area contributed by atoms with Crippen LogP contribution in [0.25, 0.3) is 16.9 Å². The molecule has 1 aromatic heterocycles. The molecule has 1 amide bonds. The minimum absolute atomic E-state index is 0.247. The molecule has 0 bridgehead atoms. The maximum absolute atomic E-state index is 13.1. The van der Waals surface area contributed by atoms with E-state index >= 15 is 0 Å². The lowest BCUT2D eigenvalue weighted by Gasteiger charge is -2.08. The van der Waals surface area contributed by atoms with Crippen LogP contribution in [0.4, 0.5) is 4.39 Å². The quantitative estimate of drug-likeness (QED) is 0.557. The Kier molecular flexibility index (Phi) is 4.97. The maximum Gasteiger partial charge on any atom is 0.270 e. The van der Waals surface area contributed by atoms with Gasteiger partial charge in [-0.15, -0.1) is 0 Å². The van der Waals surface area contributed by atoms with Crippen LogP contribution >= 0.6 is 0 Å². The second-order valence-corrected chi connectivity index (χ2v) is 6.34. The van der Waals surface area contributed by atoms with Crippen molar-refractivity contribution in [2.45, 2.75) is 6.54 Å². The summed E-state index contributed by atoms with van der Waals surface area (Å²) in [5.74, 6) is -0.549. The lowest BCUT2D eigenvalue weighted by molar-refractivity contribution is 0.0943. The molecule has 1 N–H and O–H groups in total. The predicted molar refractivity (Wildman–Crippen MR) is 107 cm³/mol. The van der Waals surface area contributed by atoms with Crippen LogP contribution in [0.5, 0.6) is 0 Å². The largest absolute Gasteiger partial charge is 0.347 e. The molecule has 4 nitrogen and oxygen atoms in total. The number of nitrogens with one attached hydrogen (secondary N) is 1. The molecule has 0 radical (unpaired) electrons. The molecule has 0 aliphatic carbocycles. The first-order valence-corrected chi connectivity index (χ1v) is 8.94. The summed E-state index contributed by atoms with van der Waals surface area (Å²) < 4.78 is 14.7. The molecule has 4 aromatic rings. The molecule has 4 rings (SSSR count). The fourth-order valence-corrected chi connectivity index (χ4v) is 2.93. The van der Waals surface area contributed by atoms with Crippen molar-refractivity contribution < 1.29 is 9.18 Å². The summed E-state index contributed by atoms with van der Waals surface area (Å²) in [5, 5.41) is 7.53. The van der Waals surface area contributed by atoms with Gasteiger partial charge in [0.25, 0.3) is 5.91 Å². The average molecular weight is 371 g/mol. The summed E-state index contributed by atoms with van der Waals surface area (Å²) in [7, 11) is 0. The third kappa shape index (κ3) is 3.83. The topological polar surface area (TPSA) is 46.9 Å². The zero-order valence-electron chi connectivity index (χ0n) is 15.0. The van der Waals surface area contributed by atoms with E-state index in [1.807, 2.05) is 60.7 Å². The third-order valence-electron chi connectivity index (χ3n) is 4.38. The Morgan fingerprint density at radius 1 is 0.893 bits per heavy atom. The van der Waals surface area contributed by atoms with Crippen molar-refractivity contribution >= 4 is 5.91 Å². The molecule has 28 heavy (non-hydrogen) atoms. The highest BCUT2D eigenvalue weighted by molar-refractivity contribution is 5.94. The number of rotatable bonds is 5. The van der Waals surface area contributed by atoms with Crippen molar-refractivity contribution in [1.29, 1.82) is 0 Å². The third-order valence-corrected chi connectivity index (χ3v) is 4.38. The van der Waals surface area contributed by atoms with Gasteiger partial charge in [0.05, 0.1) is 11.4 Å². The summed E-state index contributed by atoms with van der Waals surface area (Å²) in [6.07, 6.45) is 0. The van der Waals surface area contributed by atoms with E-state index in [4.69, 9.17) is 0 Å². The van der Waals surface area contributed by atoms with Crippen LogP contribution in [0.1, 0.15) is 16.1 Å². The summed E-state index contributed by atoms with van der Waals surface area (Å²) in [6.45, 7) is 0.305. The van der Waals surface area contributed by atoms with Gasteiger partial charge in [-0.2, -0.15) is 5.10 Å². The van der Waals surface area contributed by atoms with Gasteiger partial charge in [0.2, 0.25) is 0 Å². The number of amides is 1. The van der Waals surface area contributed by atoms with Crippen LogP contribution in [0, 0.1) is 5.82 Å². The first kappa shape index (κ1) is 17.7. The van der Waals surface area contributed by atoms with E-state index in [0.717, 1.165) is 22.5 Å². The van der Waals surface area contributed by atoms with Crippen molar-refractivity contribution in [3.63, 3.8) is 0 Å². The normalized spacial score (nSPS) is 10.6. The van der Waals surface area contributed by atoms with Gasteiger partial charge in [-0.3, -0.25) is 4.79 Å². The van der Waals surface area contributed by atoms with Crippen molar-refractivity contribution in [3.05, 3.63) is 108 Å². The number of aromatic nitrogens is 2. The van der Waals surface area contributed by atoms with Gasteiger partial charge in [-0.25, -0.2) is 9.07 Å². The molecule has 1 heterocycles. The Bertz CT molecular complexity index is 1070. The minimum Gasteiger partial charge on any atom is -0.347 e. The van der Waals surface area contributed by atoms with Gasteiger partial charge < -0.3 is 5.32 Å². The molecule has 0 spiro atoms. The van der Waals surface area contributed by atoms with Gasteiger partial charge >= 0.3 is 0 Å². The predicted octanol–water partition coefficient (Wildman–Crippen LogP) is 4.61. The maximum atomic E-state index is 13.1. The molecule has 0 unspecified atom stereocenters. The number of hydrogen-bond donors (Lipinski definition) is 1. The first-order chi connectivity index (χ1) is 13.7. The summed E-state index contributed by atoms with van der Waals surface area (Å²) in [5.41, 5.74) is 3.72. The number of para-hydroxylation sites is 1. The fourth-order valence-electron chi connectivity index (χ4n) is 2.93. The number of benzene rings is 3. The smallest absolute Gasteiger partial charge is 0.270 e. The van der Waals surface area contributed by atoms with Gasteiger partial charge in [0.15, 0.2) is 0 Å². The second-order valence-electron chi connectivity index (χ2n) is 6.34. The number of hydrogen-bond acceptors (Lipinski definition) is 2. The van der Waals surface area contributed by atoms with Gasteiger partial charge in [0.1, 0.15) is 11.5 Å². The molecular formula is C23H18FN3O. The van der Waals surface area contributed by atoms with E-state index in [1.54, 1.807) is 22.9 Å². The van der Waals surface area contributed by atoms with E-state index < -0.39 is 0 Å². The highest BCUT2D eigenvalue weighted by Gasteiger charge is 2.17. The molecule has 0 saturated heterocycles. The standard InChI is InChI=1S/C23H18FN3O/c24-19-13-11-17(12-14-19)16-25-23(28)22-15-21(18-7-3-1-4-8-18)26-27(22)20-9-5-2-6-10-20/h1-15H,16H2,(H,25,28). The minimum atomic E-state index is -0.301. The fraction of sp³-hybridized carbons (Fsp3) is 0.0435. The van der Waals surface area contributed by atoms with Crippen molar-refractivity contribution in [2.24, 2.45) is 0 Å². The second kappa shape index (κ2) is 7.88. The molecule has 5 heteroatoms. The number of halogens is 1. The Hall–Kier alpha value is -3.73. The van der Waals surface area contributed by atoms with Crippen molar-refractivity contribution in [1.82, 2.24) is 15.1 Å². The zero-order chi connectivity index (χ0) is 19.3. The highest BCUT2D eigenvalue weighted by Crippen LogP contribution is 2.21. The van der Waals surface area contributed by atoms with Crippen LogP contribution in [-0.4, -0.2) is 15.7 Å². The SMILES string of the molecule is O=C(NCc1ccc(F)cc1)c1cc(-c2ccccc2)nn1-c1ccccc1. The van der Waals surface area contributed by atoms with Crippen LogP contribution in [0.2, 0.25) is 0 Å². The van der Waals surface area contributed by atoms with Crippen molar-refractivity contribution in [3.8, 4) is 16.9 Å². The van der Waals surface area contributed by atoms with Crippen LogP contribution in [-0.2, 0) is 6.54 Å². The van der Waals surface area contributed by atoms with Gasteiger partial charge in [-0.05, 0) is 35.9 Å². The highest BCUT2D eigenvalue weighted by atomic mass is 19.1. The lowest BCUT2D eigenvalue weighted by Crippen LogP contribution is -2.25. The Labute approximate surface area is 162 Å². The molecular weight excluding hydrogens is 353 g/mol. The Balaban J connectivity index is 1.65. The first-order valence-electron chi connectivity index (χ1n) is 8.94. The van der Waals surface area contributed by atoms with Crippen LogP contribution in [0.15, 0.2) is 91.0 Å². The number of carbonyl (C=O) groups is 1. The van der Waals surface area contributed by atoms with E-state index in [1.165, 1.54) is 12.1 Å². The molecule has 0 aliphatic rings. The molecule has 3 aromatic carbocycles. The van der Waals surface area contributed by atoms with E-state index in [0.29, 0.717) is 12.2 Å². The average Bonchev–Trinajstić information content (AvgIpc) is 3.20. The molecule has 0 fully saturated rings. The lowest BCUT2D eigenvalue weighted by atomic mass is 10.1. The Morgan fingerprint density at radius 3 is 2.21 bits per heavy atom. The Morgan fingerprint density at radius 2 is 1.54 bits per heavy atom. The molecule has 0 saturated carbocycles. The summed E-state index contributed by atoms with van der Waals surface area (Å²) >= 11 is 0. The molecule has 0 aliphatic heterocycles. The zero-order valence-corrected chi connectivity index (χ0v) is 15.0. The van der Waals surface area contributed by atoms with Crippen LogP contribution < -0.4 is 5.32 Å². The van der Waals surface area contributed by atoms with E-state index in [2.05, 4.69) is 10.4 Å². The van der Waals surface area contributed by atoms with E-state index in [9.17, 15) is 9.18 Å². The van der Waals surface area contributed by atoms with Gasteiger partial charge in [0, 0.05) is 12.1 Å². The van der Waals surface area contributed by atoms with Gasteiger partial charge in [-0.1, -0.05) is 60.7 Å². The summed E-state index contributed by atoms with van der Waals surface area (Å²) in [6, 6.07) is 27.1. The molecule has 138 valence electrons. The number of carbonyl (C=O) groups excluding carboxylic acids is 1.